The summed E-state index contributed by atoms with van der Waals surface area (Å²) in [6, 6.07) is 4.29. The predicted octanol–water partition coefficient (Wildman–Crippen LogP) is 1.01. The van der Waals surface area contributed by atoms with Gasteiger partial charge in [-0.2, -0.15) is 0 Å². The molecule has 7 nitrogen and oxygen atoms in total. The van der Waals surface area contributed by atoms with Gasteiger partial charge in [-0.05, 0) is 24.4 Å². The van der Waals surface area contributed by atoms with Gasteiger partial charge in [0.1, 0.15) is 12.7 Å². The summed E-state index contributed by atoms with van der Waals surface area (Å²) in [6.45, 7) is 1.18. The first-order valence-corrected chi connectivity index (χ1v) is 7.35. The molecular weight excluding hydrogens is 325 g/mol. The lowest BCUT2D eigenvalue weighted by Gasteiger charge is -2.14. The number of nitrogens with one attached hydrogen (secondary N) is 1. The molecule has 1 fully saturated rings. The van der Waals surface area contributed by atoms with Crippen LogP contribution in [-0.2, 0) is 9.47 Å². The minimum atomic E-state index is -0.559. The Morgan fingerprint density at radius 2 is 2.35 bits per heavy atom. The molecule has 0 aromatic heterocycles. The average molecular weight is 343 g/mol. The fourth-order valence-electron chi connectivity index (χ4n) is 2.06. The number of methoxy groups -OCH3 is 1. The Balaban J connectivity index is 2.00. The number of thiocarbonyl (C=S) groups is 1. The standard InChI is InChI=1S/C14H18FN3O4S/c1-20-4-5-21-12-3-2-9(6-11(12)15)18-8-10(22-14(18)19)7-17-13(16)23/h2-3,6,10H,4-5,7-8H2,1H3,(H3,16,17,23)/t10-/m0/s1. The van der Waals surface area contributed by atoms with E-state index in [2.05, 4.69) is 5.32 Å². The third-order valence-corrected chi connectivity index (χ3v) is 3.29. The number of hydrogen-bond acceptors (Lipinski definition) is 5. The van der Waals surface area contributed by atoms with Crippen molar-refractivity contribution in [2.45, 2.75) is 6.10 Å². The highest BCUT2D eigenvalue weighted by Crippen LogP contribution is 2.27. The van der Waals surface area contributed by atoms with Gasteiger partial charge < -0.3 is 25.3 Å². The van der Waals surface area contributed by atoms with Crippen LogP contribution in [0.5, 0.6) is 5.75 Å². The van der Waals surface area contributed by atoms with Gasteiger partial charge in [0.25, 0.3) is 0 Å². The second-order valence-electron chi connectivity index (χ2n) is 4.82. The molecule has 1 saturated heterocycles. The fraction of sp³-hybridized carbons (Fsp3) is 0.429. The second kappa shape index (κ2) is 7.93. The van der Waals surface area contributed by atoms with Gasteiger partial charge in [-0.3, -0.25) is 4.90 Å². The first-order valence-electron chi connectivity index (χ1n) is 6.94. The van der Waals surface area contributed by atoms with E-state index >= 15 is 0 Å². The monoisotopic (exact) mass is 343 g/mol. The Bertz CT molecular complexity index is 587. The van der Waals surface area contributed by atoms with Gasteiger partial charge in [0.05, 0.1) is 25.4 Å². The number of carbonyl (C=O) groups excluding carboxylic acids is 1. The van der Waals surface area contributed by atoms with E-state index in [1.807, 2.05) is 0 Å². The zero-order chi connectivity index (χ0) is 16.8. The molecule has 1 aliphatic heterocycles. The molecule has 1 heterocycles. The van der Waals surface area contributed by atoms with Crippen LogP contribution >= 0.6 is 12.2 Å². The van der Waals surface area contributed by atoms with Gasteiger partial charge >= 0.3 is 6.09 Å². The molecule has 1 aromatic rings. The highest BCUT2D eigenvalue weighted by atomic mass is 32.1. The first kappa shape index (κ1) is 17.2. The smallest absolute Gasteiger partial charge is 0.414 e. The van der Waals surface area contributed by atoms with E-state index in [1.165, 1.54) is 24.1 Å². The maximum Gasteiger partial charge on any atom is 0.414 e. The van der Waals surface area contributed by atoms with Crippen LogP contribution in [0.3, 0.4) is 0 Å². The van der Waals surface area contributed by atoms with Gasteiger partial charge in [0.2, 0.25) is 0 Å². The highest BCUT2D eigenvalue weighted by molar-refractivity contribution is 7.80. The molecular formula is C14H18FN3O4S. The van der Waals surface area contributed by atoms with Gasteiger partial charge in [0, 0.05) is 13.2 Å². The summed E-state index contributed by atoms with van der Waals surface area (Å²) in [5.74, 6) is -0.457. The SMILES string of the molecule is COCCOc1ccc(N2C[C@H](CNC(N)=S)OC2=O)cc1F. The van der Waals surface area contributed by atoms with Crippen molar-refractivity contribution in [3.8, 4) is 5.75 Å². The number of nitrogens with zero attached hydrogens (tertiary/aromatic N) is 1. The third-order valence-electron chi connectivity index (χ3n) is 3.15. The summed E-state index contributed by atoms with van der Waals surface area (Å²) in [5, 5.41) is 2.86. The van der Waals surface area contributed by atoms with Crippen molar-refractivity contribution in [3.63, 3.8) is 0 Å². The predicted molar refractivity (Wildman–Crippen MR) is 86.2 cm³/mol. The quantitative estimate of drug-likeness (QED) is 0.564. The van der Waals surface area contributed by atoms with Gasteiger partial charge in [-0.1, -0.05) is 0 Å². The first-order chi connectivity index (χ1) is 11.0. The van der Waals surface area contributed by atoms with E-state index in [1.54, 1.807) is 6.07 Å². The Morgan fingerprint density at radius 3 is 3.00 bits per heavy atom. The summed E-state index contributed by atoms with van der Waals surface area (Å²) in [6.07, 6.45) is -0.961. The molecule has 1 aromatic carbocycles. The zero-order valence-corrected chi connectivity index (χ0v) is 13.4. The van der Waals surface area contributed by atoms with Gasteiger partial charge in [-0.15, -0.1) is 0 Å². The fourth-order valence-corrected chi connectivity index (χ4v) is 2.15. The number of carbonyl (C=O) groups is 1. The van der Waals surface area contributed by atoms with Crippen LogP contribution in [0.1, 0.15) is 0 Å². The van der Waals surface area contributed by atoms with Gasteiger partial charge in [0.15, 0.2) is 16.7 Å². The van der Waals surface area contributed by atoms with E-state index in [4.69, 9.17) is 32.2 Å². The molecule has 0 radical (unpaired) electrons. The van der Waals surface area contributed by atoms with Crippen molar-refractivity contribution in [3.05, 3.63) is 24.0 Å². The second-order valence-corrected chi connectivity index (χ2v) is 5.26. The maximum absolute atomic E-state index is 14.0. The molecule has 23 heavy (non-hydrogen) atoms. The number of ether oxygens (including phenoxy) is 3. The Hall–Kier alpha value is -2.13. The molecule has 9 heteroatoms. The van der Waals surface area contributed by atoms with Crippen molar-refractivity contribution in [2.24, 2.45) is 5.73 Å². The van der Waals surface area contributed by atoms with Crippen LogP contribution in [0, 0.1) is 5.82 Å². The normalized spacial score (nSPS) is 17.0. The molecule has 1 amide bonds. The number of hydrogen-bond donors (Lipinski definition) is 2. The highest BCUT2D eigenvalue weighted by Gasteiger charge is 2.32. The minimum absolute atomic E-state index is 0.102. The summed E-state index contributed by atoms with van der Waals surface area (Å²) in [7, 11) is 1.53. The average Bonchev–Trinajstić information content (AvgIpc) is 2.88. The number of benzene rings is 1. The van der Waals surface area contributed by atoms with Crippen LogP contribution in [0.25, 0.3) is 0 Å². The molecule has 0 spiro atoms. The van der Waals surface area contributed by atoms with Crippen LogP contribution in [0.15, 0.2) is 18.2 Å². The number of nitrogens with two attached hydrogens (primary N) is 1. The lowest BCUT2D eigenvalue weighted by atomic mass is 10.2. The largest absolute Gasteiger partial charge is 0.488 e. The van der Waals surface area contributed by atoms with E-state index < -0.39 is 18.0 Å². The molecule has 1 aliphatic rings. The Labute approximate surface area is 138 Å². The van der Waals surface area contributed by atoms with E-state index in [-0.39, 0.29) is 24.0 Å². The summed E-state index contributed by atoms with van der Waals surface area (Å²) in [5.41, 5.74) is 5.72. The number of cyclic esters (lactones) is 1. The Kier molecular flexibility index (Phi) is 5.94. The Morgan fingerprint density at radius 1 is 1.57 bits per heavy atom. The molecule has 0 unspecified atom stereocenters. The summed E-state index contributed by atoms with van der Waals surface area (Å²) < 4.78 is 29.3. The summed E-state index contributed by atoms with van der Waals surface area (Å²) >= 11 is 4.70. The molecule has 2 rings (SSSR count). The topological polar surface area (TPSA) is 86.1 Å². The molecule has 3 N–H and O–H groups in total. The summed E-state index contributed by atoms with van der Waals surface area (Å²) in [4.78, 5) is 13.2. The molecule has 0 saturated carbocycles. The van der Waals surface area contributed by atoms with Crippen LogP contribution in [-0.4, -0.2) is 50.7 Å². The lowest BCUT2D eigenvalue weighted by Crippen LogP contribution is -2.37. The molecule has 0 bridgehead atoms. The van der Waals surface area contributed by atoms with Crippen LogP contribution in [0.2, 0.25) is 0 Å². The number of halogens is 1. The van der Waals surface area contributed by atoms with E-state index in [0.29, 0.717) is 18.8 Å². The lowest BCUT2D eigenvalue weighted by molar-refractivity contribution is 0.143. The number of rotatable bonds is 7. The third kappa shape index (κ3) is 4.67. The maximum atomic E-state index is 14.0. The molecule has 1 atom stereocenters. The van der Waals surface area contributed by atoms with Gasteiger partial charge in [-0.25, -0.2) is 9.18 Å². The van der Waals surface area contributed by atoms with Crippen molar-refractivity contribution < 1.29 is 23.4 Å². The van der Waals surface area contributed by atoms with Crippen LogP contribution in [0.4, 0.5) is 14.9 Å². The minimum Gasteiger partial charge on any atom is -0.488 e. The van der Waals surface area contributed by atoms with Crippen LogP contribution < -0.4 is 20.7 Å². The van der Waals surface area contributed by atoms with Crippen molar-refractivity contribution in [1.82, 2.24) is 5.32 Å². The van der Waals surface area contributed by atoms with Crippen molar-refractivity contribution in [2.75, 3.05) is 38.3 Å². The number of amides is 1. The van der Waals surface area contributed by atoms with E-state index in [9.17, 15) is 9.18 Å². The van der Waals surface area contributed by atoms with Crippen molar-refractivity contribution >= 4 is 29.1 Å². The molecule has 126 valence electrons. The zero-order valence-electron chi connectivity index (χ0n) is 12.6. The molecule has 0 aliphatic carbocycles. The van der Waals surface area contributed by atoms with E-state index in [0.717, 1.165) is 0 Å². The van der Waals surface area contributed by atoms with Crippen molar-refractivity contribution in [1.29, 1.82) is 0 Å². The number of anilines is 1.